The van der Waals surface area contributed by atoms with Crippen LogP contribution in [0.2, 0.25) is 5.02 Å². The molecule has 2 rings (SSSR count). The molecule has 0 amide bonds. The van der Waals surface area contributed by atoms with E-state index in [1.165, 1.54) is 0 Å². The molecule has 0 atom stereocenters. The van der Waals surface area contributed by atoms with Crippen LogP contribution >= 0.6 is 11.6 Å². The molecule has 0 aliphatic carbocycles. The van der Waals surface area contributed by atoms with Crippen molar-refractivity contribution >= 4 is 28.8 Å². The van der Waals surface area contributed by atoms with E-state index in [0.717, 1.165) is 22.8 Å². The minimum absolute atomic E-state index is 0.653. The van der Waals surface area contributed by atoms with Gasteiger partial charge in [-0.05, 0) is 24.6 Å². The van der Waals surface area contributed by atoms with Crippen LogP contribution in [0.3, 0.4) is 0 Å². The fraction of sp³-hybridized carbons (Fsp3) is 0.100. The van der Waals surface area contributed by atoms with Gasteiger partial charge in [-0.15, -0.1) is 0 Å². The molecule has 0 saturated heterocycles. The highest BCUT2D eigenvalue weighted by molar-refractivity contribution is 6.31. The molecule has 1 aromatic carbocycles. The molecule has 1 heterocycles. The molecule has 0 aliphatic rings. The van der Waals surface area contributed by atoms with Crippen LogP contribution in [0.4, 0.5) is 0 Å². The Morgan fingerprint density at radius 2 is 2.23 bits per heavy atom. The summed E-state index contributed by atoms with van der Waals surface area (Å²) in [6.45, 7) is 1.96. The first-order valence-corrected chi connectivity index (χ1v) is 4.32. The lowest BCUT2D eigenvalue weighted by Crippen LogP contribution is -1.78. The molecule has 0 aliphatic heterocycles. The summed E-state index contributed by atoms with van der Waals surface area (Å²) < 4.78 is 0. The third-order valence-electron chi connectivity index (χ3n) is 2.11. The van der Waals surface area contributed by atoms with E-state index in [9.17, 15) is 4.79 Å². The Hall–Kier alpha value is -1.28. The Morgan fingerprint density at radius 1 is 1.46 bits per heavy atom. The zero-order chi connectivity index (χ0) is 9.42. The second kappa shape index (κ2) is 2.89. The Balaban J connectivity index is 2.89. The SMILES string of the molecule is Cc1cc(Cl)cc2c(C=O)c[nH]c12. The summed E-state index contributed by atoms with van der Waals surface area (Å²) in [6.07, 6.45) is 2.52. The lowest BCUT2D eigenvalue weighted by molar-refractivity contribution is 0.112. The summed E-state index contributed by atoms with van der Waals surface area (Å²) in [6, 6.07) is 3.67. The number of nitrogens with one attached hydrogen (secondary N) is 1. The van der Waals surface area contributed by atoms with E-state index in [-0.39, 0.29) is 0 Å². The fourth-order valence-electron chi connectivity index (χ4n) is 1.49. The highest BCUT2D eigenvalue weighted by Gasteiger charge is 2.05. The summed E-state index contributed by atoms with van der Waals surface area (Å²) in [5, 5.41) is 1.55. The van der Waals surface area contributed by atoms with Gasteiger partial charge < -0.3 is 4.98 Å². The van der Waals surface area contributed by atoms with Crippen LogP contribution < -0.4 is 0 Å². The minimum Gasteiger partial charge on any atom is -0.360 e. The van der Waals surface area contributed by atoms with Crippen molar-refractivity contribution < 1.29 is 4.79 Å². The number of benzene rings is 1. The lowest BCUT2D eigenvalue weighted by Gasteiger charge is -1.97. The number of H-pyrrole nitrogens is 1. The maximum Gasteiger partial charge on any atom is 0.152 e. The number of hydrogen-bond donors (Lipinski definition) is 1. The molecule has 0 unspecified atom stereocenters. The van der Waals surface area contributed by atoms with E-state index in [2.05, 4.69) is 4.98 Å². The maximum absolute atomic E-state index is 10.6. The lowest BCUT2D eigenvalue weighted by atomic mass is 10.1. The van der Waals surface area contributed by atoms with Crippen LogP contribution in [0.5, 0.6) is 0 Å². The molecule has 0 fully saturated rings. The number of carbonyl (C=O) groups is 1. The molecular weight excluding hydrogens is 186 g/mol. The van der Waals surface area contributed by atoms with E-state index < -0.39 is 0 Å². The first-order valence-electron chi connectivity index (χ1n) is 3.95. The second-order valence-electron chi connectivity index (χ2n) is 3.01. The van der Waals surface area contributed by atoms with Gasteiger partial charge in [0.15, 0.2) is 6.29 Å². The highest BCUT2D eigenvalue weighted by Crippen LogP contribution is 2.24. The van der Waals surface area contributed by atoms with Crippen molar-refractivity contribution in [2.45, 2.75) is 6.92 Å². The van der Waals surface area contributed by atoms with Crippen molar-refractivity contribution in [3.8, 4) is 0 Å². The summed E-state index contributed by atoms with van der Waals surface area (Å²) in [7, 11) is 0. The molecule has 0 spiro atoms. The highest BCUT2D eigenvalue weighted by atomic mass is 35.5. The molecule has 1 N–H and O–H groups in total. The standard InChI is InChI=1S/C10H8ClNO/c1-6-2-8(11)3-9-7(5-13)4-12-10(6)9/h2-5,12H,1H3. The molecule has 0 radical (unpaired) electrons. The number of carbonyl (C=O) groups excluding carboxylic acids is 1. The van der Waals surface area contributed by atoms with E-state index in [1.807, 2.05) is 13.0 Å². The van der Waals surface area contributed by atoms with Crippen LogP contribution in [0.25, 0.3) is 10.9 Å². The maximum atomic E-state index is 10.6. The summed E-state index contributed by atoms with van der Waals surface area (Å²) in [4.78, 5) is 13.7. The van der Waals surface area contributed by atoms with Gasteiger partial charge in [-0.1, -0.05) is 11.6 Å². The molecule has 66 valence electrons. The van der Waals surface area contributed by atoms with Crippen LogP contribution in [0, 0.1) is 6.92 Å². The number of halogens is 1. The predicted molar refractivity (Wildman–Crippen MR) is 53.4 cm³/mol. The zero-order valence-corrected chi connectivity index (χ0v) is 7.85. The first-order chi connectivity index (χ1) is 6.22. The average Bonchev–Trinajstić information content (AvgIpc) is 2.47. The normalized spacial score (nSPS) is 10.6. The minimum atomic E-state index is 0.653. The zero-order valence-electron chi connectivity index (χ0n) is 7.10. The monoisotopic (exact) mass is 193 g/mol. The largest absolute Gasteiger partial charge is 0.360 e. The molecule has 0 saturated carbocycles. The first kappa shape index (κ1) is 8.32. The summed E-state index contributed by atoms with van der Waals surface area (Å²) in [5.74, 6) is 0. The van der Waals surface area contributed by atoms with Crippen LogP contribution in [0.15, 0.2) is 18.3 Å². The van der Waals surface area contributed by atoms with Gasteiger partial charge >= 0.3 is 0 Å². The molecular formula is C10H8ClNO. The molecule has 0 bridgehead atoms. The Kier molecular flexibility index (Phi) is 1.85. The van der Waals surface area contributed by atoms with E-state index in [0.29, 0.717) is 10.6 Å². The van der Waals surface area contributed by atoms with Crippen molar-refractivity contribution in [2.75, 3.05) is 0 Å². The van der Waals surface area contributed by atoms with Gasteiger partial charge in [-0.2, -0.15) is 0 Å². The smallest absolute Gasteiger partial charge is 0.152 e. The van der Waals surface area contributed by atoms with Crippen molar-refractivity contribution in [1.29, 1.82) is 0 Å². The van der Waals surface area contributed by atoms with Crippen molar-refractivity contribution in [1.82, 2.24) is 4.98 Å². The molecule has 2 aromatic rings. The number of fused-ring (bicyclic) bond motifs is 1. The average molecular weight is 194 g/mol. The number of aromatic amines is 1. The molecule has 1 aromatic heterocycles. The van der Waals surface area contributed by atoms with Crippen LogP contribution in [-0.2, 0) is 0 Å². The second-order valence-corrected chi connectivity index (χ2v) is 3.44. The number of rotatable bonds is 1. The molecule has 3 heteroatoms. The number of aryl methyl sites for hydroxylation is 1. The van der Waals surface area contributed by atoms with Gasteiger partial charge in [0.2, 0.25) is 0 Å². The number of aldehydes is 1. The number of hydrogen-bond acceptors (Lipinski definition) is 1. The Morgan fingerprint density at radius 3 is 2.92 bits per heavy atom. The van der Waals surface area contributed by atoms with Gasteiger partial charge in [-0.25, -0.2) is 0 Å². The third kappa shape index (κ3) is 1.23. The molecule has 2 nitrogen and oxygen atoms in total. The molecule has 13 heavy (non-hydrogen) atoms. The Bertz CT molecular complexity index is 473. The third-order valence-corrected chi connectivity index (χ3v) is 2.33. The Labute approximate surface area is 80.5 Å². The quantitative estimate of drug-likeness (QED) is 0.694. The summed E-state index contributed by atoms with van der Waals surface area (Å²) in [5.41, 5.74) is 2.68. The van der Waals surface area contributed by atoms with Crippen LogP contribution in [0.1, 0.15) is 15.9 Å². The summed E-state index contributed by atoms with van der Waals surface area (Å²) >= 11 is 5.88. The van der Waals surface area contributed by atoms with E-state index >= 15 is 0 Å². The van der Waals surface area contributed by atoms with Crippen LogP contribution in [-0.4, -0.2) is 11.3 Å². The van der Waals surface area contributed by atoms with E-state index in [1.54, 1.807) is 12.3 Å². The number of aromatic nitrogens is 1. The fourth-order valence-corrected chi connectivity index (χ4v) is 1.76. The topological polar surface area (TPSA) is 32.9 Å². The van der Waals surface area contributed by atoms with E-state index in [4.69, 9.17) is 11.6 Å². The van der Waals surface area contributed by atoms with Gasteiger partial charge in [-0.3, -0.25) is 4.79 Å². The van der Waals surface area contributed by atoms with Crippen molar-refractivity contribution in [2.24, 2.45) is 0 Å². The van der Waals surface area contributed by atoms with Gasteiger partial charge in [0.1, 0.15) is 0 Å². The van der Waals surface area contributed by atoms with Gasteiger partial charge in [0, 0.05) is 27.7 Å². The van der Waals surface area contributed by atoms with Crippen molar-refractivity contribution in [3.05, 3.63) is 34.5 Å². The van der Waals surface area contributed by atoms with Gasteiger partial charge in [0.05, 0.1) is 0 Å². The van der Waals surface area contributed by atoms with Crippen molar-refractivity contribution in [3.63, 3.8) is 0 Å². The van der Waals surface area contributed by atoms with Gasteiger partial charge in [0.25, 0.3) is 0 Å². The predicted octanol–water partition coefficient (Wildman–Crippen LogP) is 2.94.